The van der Waals surface area contributed by atoms with Crippen LogP contribution in [0, 0.1) is 12.8 Å². The normalized spacial score (nSPS) is 12.0. The van der Waals surface area contributed by atoms with Gasteiger partial charge in [0.05, 0.1) is 10.9 Å². The van der Waals surface area contributed by atoms with Crippen molar-refractivity contribution in [2.24, 2.45) is 11.7 Å². The van der Waals surface area contributed by atoms with E-state index in [1.807, 2.05) is 61.7 Å². The number of thioether (sulfide) groups is 1. The highest BCUT2D eigenvalue weighted by Gasteiger charge is 2.28. The minimum Gasteiger partial charge on any atom is -0.351 e. The molecule has 3 N–H and O–H groups in total. The monoisotopic (exact) mass is 443 g/mol. The molecule has 0 spiro atoms. The van der Waals surface area contributed by atoms with Gasteiger partial charge < -0.3 is 5.73 Å². The minimum absolute atomic E-state index is 0.0737. The second kappa shape index (κ2) is 9.32. The van der Waals surface area contributed by atoms with Gasteiger partial charge in [0, 0.05) is 10.6 Å². The highest BCUT2D eigenvalue weighted by Crippen LogP contribution is 2.33. The van der Waals surface area contributed by atoms with Crippen LogP contribution in [0.5, 0.6) is 0 Å². The van der Waals surface area contributed by atoms with Gasteiger partial charge in [-0.3, -0.25) is 14.7 Å². The van der Waals surface area contributed by atoms with Crippen molar-refractivity contribution in [1.82, 2.24) is 20.1 Å². The molecule has 1 unspecified atom stereocenters. The molecule has 0 fully saturated rings. The van der Waals surface area contributed by atoms with Crippen LogP contribution >= 0.6 is 23.4 Å². The van der Waals surface area contributed by atoms with E-state index in [1.165, 1.54) is 11.8 Å². The van der Waals surface area contributed by atoms with Gasteiger partial charge in [-0.2, -0.15) is 0 Å². The number of para-hydroxylation sites is 1. The quantitative estimate of drug-likeness (QED) is 0.555. The summed E-state index contributed by atoms with van der Waals surface area (Å²) in [7, 11) is 0. The SMILES string of the molecule is Cc1ccccc1-n1c(SC(C(=O)NC(N)=O)C(C)C)nnc1-c1ccc(Cl)cc1. The van der Waals surface area contributed by atoms with E-state index in [4.69, 9.17) is 17.3 Å². The molecule has 30 heavy (non-hydrogen) atoms. The first kappa shape index (κ1) is 21.9. The van der Waals surface area contributed by atoms with Crippen molar-refractivity contribution >= 4 is 35.3 Å². The maximum Gasteiger partial charge on any atom is 0.318 e. The fourth-order valence-corrected chi connectivity index (χ4v) is 4.13. The van der Waals surface area contributed by atoms with Crippen LogP contribution in [0.3, 0.4) is 0 Å². The second-order valence-electron chi connectivity index (χ2n) is 7.07. The molecule has 156 valence electrons. The number of nitrogens with zero attached hydrogens (tertiary/aromatic N) is 3. The van der Waals surface area contributed by atoms with E-state index in [9.17, 15) is 9.59 Å². The van der Waals surface area contributed by atoms with E-state index in [0.717, 1.165) is 16.8 Å². The Labute approximate surface area is 184 Å². The van der Waals surface area contributed by atoms with Crippen molar-refractivity contribution < 1.29 is 9.59 Å². The van der Waals surface area contributed by atoms with Gasteiger partial charge >= 0.3 is 6.03 Å². The highest BCUT2D eigenvalue weighted by atomic mass is 35.5. The zero-order valence-electron chi connectivity index (χ0n) is 16.8. The zero-order valence-corrected chi connectivity index (χ0v) is 18.4. The molecule has 0 aliphatic heterocycles. The summed E-state index contributed by atoms with van der Waals surface area (Å²) in [6, 6.07) is 14.3. The summed E-state index contributed by atoms with van der Waals surface area (Å²) in [5.41, 5.74) is 7.89. The molecule has 3 aromatic rings. The lowest BCUT2D eigenvalue weighted by molar-refractivity contribution is -0.120. The third-order valence-corrected chi connectivity index (χ3v) is 6.17. The van der Waals surface area contributed by atoms with Crippen LogP contribution in [0.15, 0.2) is 53.7 Å². The lowest BCUT2D eigenvalue weighted by Gasteiger charge is -2.19. The lowest BCUT2D eigenvalue weighted by atomic mass is 10.1. The Hall–Kier alpha value is -2.84. The Morgan fingerprint density at radius 2 is 1.77 bits per heavy atom. The van der Waals surface area contributed by atoms with Crippen LogP contribution in [-0.4, -0.2) is 32.0 Å². The average Bonchev–Trinajstić information content (AvgIpc) is 3.09. The number of amides is 3. The van der Waals surface area contributed by atoms with Crippen LogP contribution < -0.4 is 11.1 Å². The van der Waals surface area contributed by atoms with Gasteiger partial charge in [-0.1, -0.05) is 55.4 Å². The number of hydrogen-bond acceptors (Lipinski definition) is 5. The first-order valence-electron chi connectivity index (χ1n) is 9.32. The van der Waals surface area contributed by atoms with Crippen molar-refractivity contribution in [3.05, 3.63) is 59.1 Å². The molecular weight excluding hydrogens is 422 g/mol. The molecule has 1 aromatic heterocycles. The summed E-state index contributed by atoms with van der Waals surface area (Å²) in [6.45, 7) is 5.79. The number of hydrogen-bond donors (Lipinski definition) is 2. The third kappa shape index (κ3) is 4.83. The highest BCUT2D eigenvalue weighted by molar-refractivity contribution is 8.00. The van der Waals surface area contributed by atoms with Gasteiger partial charge in [-0.25, -0.2) is 4.79 Å². The Morgan fingerprint density at radius 1 is 1.10 bits per heavy atom. The smallest absolute Gasteiger partial charge is 0.318 e. The minimum atomic E-state index is -0.881. The molecule has 9 heteroatoms. The third-order valence-electron chi connectivity index (χ3n) is 4.43. The Balaban J connectivity index is 2.10. The topological polar surface area (TPSA) is 103 Å². The van der Waals surface area contributed by atoms with E-state index < -0.39 is 17.2 Å². The molecule has 7 nitrogen and oxygen atoms in total. The molecule has 0 aliphatic carbocycles. The second-order valence-corrected chi connectivity index (χ2v) is 8.62. The summed E-state index contributed by atoms with van der Waals surface area (Å²) in [6.07, 6.45) is 0. The largest absolute Gasteiger partial charge is 0.351 e. The first-order valence-corrected chi connectivity index (χ1v) is 10.6. The number of nitrogens with one attached hydrogen (secondary N) is 1. The van der Waals surface area contributed by atoms with E-state index in [-0.39, 0.29) is 5.92 Å². The molecule has 0 saturated heterocycles. The Morgan fingerprint density at radius 3 is 2.37 bits per heavy atom. The van der Waals surface area contributed by atoms with Crippen molar-refractivity contribution in [1.29, 1.82) is 0 Å². The number of rotatable bonds is 6. The van der Waals surface area contributed by atoms with E-state index in [1.54, 1.807) is 12.1 Å². The molecule has 1 heterocycles. The average molecular weight is 444 g/mol. The fraction of sp³-hybridized carbons (Fsp3) is 0.238. The number of imide groups is 1. The van der Waals surface area contributed by atoms with Gasteiger partial charge in [-0.05, 0) is 48.7 Å². The number of urea groups is 1. The van der Waals surface area contributed by atoms with Crippen molar-refractivity contribution in [3.63, 3.8) is 0 Å². The van der Waals surface area contributed by atoms with Gasteiger partial charge in [0.1, 0.15) is 0 Å². The number of aromatic nitrogens is 3. The summed E-state index contributed by atoms with van der Waals surface area (Å²) >= 11 is 7.28. The van der Waals surface area contributed by atoms with Crippen LogP contribution in [-0.2, 0) is 4.79 Å². The summed E-state index contributed by atoms with van der Waals surface area (Å²) in [5.74, 6) is 0.0894. The predicted octanol–water partition coefficient (Wildman–Crippen LogP) is 4.21. The maximum absolute atomic E-state index is 12.5. The predicted molar refractivity (Wildman–Crippen MR) is 119 cm³/mol. The van der Waals surface area contributed by atoms with Gasteiger partial charge in [0.25, 0.3) is 0 Å². The van der Waals surface area contributed by atoms with Crippen molar-refractivity contribution in [2.45, 2.75) is 31.2 Å². The maximum atomic E-state index is 12.5. The van der Waals surface area contributed by atoms with Crippen LogP contribution in [0.25, 0.3) is 17.1 Å². The zero-order chi connectivity index (χ0) is 21.8. The van der Waals surface area contributed by atoms with Gasteiger partial charge in [0.15, 0.2) is 11.0 Å². The van der Waals surface area contributed by atoms with Gasteiger partial charge in [-0.15, -0.1) is 10.2 Å². The standard InChI is InChI=1S/C21H22ClN5O2S/c1-12(2)17(19(28)24-20(23)29)30-21-26-25-18(14-8-10-15(22)11-9-14)27(21)16-7-5-4-6-13(16)3/h4-12,17H,1-3H3,(H3,23,24,28,29). The molecule has 0 aliphatic rings. The lowest BCUT2D eigenvalue weighted by Crippen LogP contribution is -2.42. The van der Waals surface area contributed by atoms with Crippen LogP contribution in [0.2, 0.25) is 5.02 Å². The number of carbonyl (C=O) groups is 2. The number of carbonyl (C=O) groups excluding carboxylic acids is 2. The molecular formula is C21H22ClN5O2S. The molecule has 3 amide bonds. The Kier molecular flexibility index (Phi) is 6.79. The molecule has 0 bridgehead atoms. The number of aryl methyl sites for hydroxylation is 1. The molecule has 2 aromatic carbocycles. The number of benzene rings is 2. The van der Waals surface area contributed by atoms with Crippen molar-refractivity contribution in [2.75, 3.05) is 0 Å². The van der Waals surface area contributed by atoms with Crippen molar-refractivity contribution in [3.8, 4) is 17.1 Å². The van der Waals surface area contributed by atoms with E-state index in [0.29, 0.717) is 16.0 Å². The van der Waals surface area contributed by atoms with E-state index >= 15 is 0 Å². The summed E-state index contributed by atoms with van der Waals surface area (Å²) in [4.78, 5) is 23.7. The van der Waals surface area contributed by atoms with Gasteiger partial charge in [0.2, 0.25) is 5.91 Å². The van der Waals surface area contributed by atoms with E-state index in [2.05, 4.69) is 15.5 Å². The number of primary amides is 1. The van der Waals surface area contributed by atoms with Crippen LogP contribution in [0.4, 0.5) is 4.79 Å². The molecule has 1 atom stereocenters. The molecule has 0 radical (unpaired) electrons. The fourth-order valence-electron chi connectivity index (χ4n) is 2.96. The van der Waals surface area contributed by atoms with Crippen LogP contribution in [0.1, 0.15) is 19.4 Å². The first-order chi connectivity index (χ1) is 14.3. The molecule has 0 saturated carbocycles. The number of halogens is 1. The summed E-state index contributed by atoms with van der Waals surface area (Å²) < 4.78 is 1.91. The summed E-state index contributed by atoms with van der Waals surface area (Å²) in [5, 5.41) is 11.5. The Bertz CT molecular complexity index is 1070. The molecule has 3 rings (SSSR count). The number of nitrogens with two attached hydrogens (primary N) is 1.